The molecular formula is C51H43Cl2N3O8. The topological polar surface area (TPSA) is 157 Å². The van der Waals surface area contributed by atoms with Crippen molar-refractivity contribution in [2.45, 2.75) is 49.9 Å². The van der Waals surface area contributed by atoms with Gasteiger partial charge in [0.05, 0.1) is 43.5 Å². The van der Waals surface area contributed by atoms with Crippen LogP contribution in [0, 0.1) is 11.3 Å². The summed E-state index contributed by atoms with van der Waals surface area (Å²) >= 11 is 12.7. The third-order valence-electron chi connectivity index (χ3n) is 11.7. The van der Waals surface area contributed by atoms with Gasteiger partial charge in [-0.1, -0.05) is 108 Å². The van der Waals surface area contributed by atoms with Crippen molar-refractivity contribution in [3.05, 3.63) is 177 Å². The summed E-state index contributed by atoms with van der Waals surface area (Å²) in [7, 11) is 3.18. The summed E-state index contributed by atoms with van der Waals surface area (Å²) in [6, 6.07) is 40.7. The van der Waals surface area contributed by atoms with Crippen LogP contribution in [0.4, 0.5) is 0 Å². The molecule has 0 aromatic heterocycles. The molecule has 2 heterocycles. The number of amides is 2. The van der Waals surface area contributed by atoms with Gasteiger partial charge in [-0.15, -0.1) is 0 Å². The quantitative estimate of drug-likeness (QED) is 0.137. The monoisotopic (exact) mass is 895 g/mol. The number of carboxylic acids is 2. The van der Waals surface area contributed by atoms with Crippen molar-refractivity contribution in [3.8, 4) is 39.8 Å². The highest BCUT2D eigenvalue weighted by molar-refractivity contribution is 6.31. The molecule has 64 heavy (non-hydrogen) atoms. The summed E-state index contributed by atoms with van der Waals surface area (Å²) in [6.45, 7) is 0. The van der Waals surface area contributed by atoms with Gasteiger partial charge < -0.3 is 29.5 Å². The highest BCUT2D eigenvalue weighted by Crippen LogP contribution is 2.43. The van der Waals surface area contributed by atoms with Gasteiger partial charge in [0.15, 0.2) is 0 Å². The Labute approximate surface area is 380 Å². The van der Waals surface area contributed by atoms with Gasteiger partial charge in [0.2, 0.25) is 0 Å². The zero-order valence-corrected chi connectivity index (χ0v) is 36.4. The Morgan fingerprint density at radius 2 is 0.984 bits per heavy atom. The fraction of sp³-hybridized carbons (Fsp3) is 0.196. The van der Waals surface area contributed by atoms with E-state index >= 15 is 0 Å². The zero-order chi connectivity index (χ0) is 45.5. The fourth-order valence-corrected chi connectivity index (χ4v) is 9.14. The molecule has 0 unspecified atom stereocenters. The summed E-state index contributed by atoms with van der Waals surface area (Å²) in [5.74, 6) is -1.44. The number of hydrogen-bond donors (Lipinski definition) is 2. The molecule has 0 aliphatic carbocycles. The number of methoxy groups -OCH3 is 2. The summed E-state index contributed by atoms with van der Waals surface area (Å²) in [6.07, 6.45) is 1.79. The Kier molecular flexibility index (Phi) is 14.0. The predicted molar refractivity (Wildman–Crippen MR) is 244 cm³/mol. The number of halogens is 2. The first kappa shape index (κ1) is 44.9. The number of nitriles is 1. The van der Waals surface area contributed by atoms with Crippen LogP contribution >= 0.6 is 23.2 Å². The molecule has 13 heteroatoms. The molecule has 0 saturated carbocycles. The normalized spacial score (nSPS) is 17.7. The minimum Gasteiger partial charge on any atom is -0.496 e. The Balaban J connectivity index is 0.000000192. The first-order valence-electron chi connectivity index (χ1n) is 20.5. The largest absolute Gasteiger partial charge is 0.496 e. The summed E-state index contributed by atoms with van der Waals surface area (Å²) in [5, 5.41) is 29.8. The van der Waals surface area contributed by atoms with E-state index in [1.165, 1.54) is 9.80 Å². The summed E-state index contributed by atoms with van der Waals surface area (Å²) in [4.78, 5) is 53.6. The Bertz CT molecular complexity index is 2710. The number of ether oxygens (including phenoxy) is 2. The van der Waals surface area contributed by atoms with Crippen molar-refractivity contribution >= 4 is 47.0 Å². The number of carbonyl (C=O) groups excluding carboxylic acids is 2. The molecule has 4 atom stereocenters. The number of hydrogen-bond acceptors (Lipinski definition) is 7. The predicted octanol–water partition coefficient (Wildman–Crippen LogP) is 10.8. The lowest BCUT2D eigenvalue weighted by Crippen LogP contribution is -2.41. The van der Waals surface area contributed by atoms with Crippen LogP contribution in [0.15, 0.2) is 140 Å². The maximum absolute atomic E-state index is 13.5. The molecule has 0 bridgehead atoms. The first-order valence-corrected chi connectivity index (χ1v) is 21.2. The van der Waals surface area contributed by atoms with Crippen LogP contribution in [0.25, 0.3) is 22.3 Å². The smallest absolute Gasteiger partial charge is 0.326 e. The van der Waals surface area contributed by atoms with Gasteiger partial charge in [0, 0.05) is 21.2 Å². The van der Waals surface area contributed by atoms with Gasteiger partial charge in [-0.2, -0.15) is 5.26 Å². The molecule has 2 fully saturated rings. The van der Waals surface area contributed by atoms with Crippen LogP contribution in [0.2, 0.25) is 10.0 Å². The molecule has 8 rings (SSSR count). The second-order valence-electron chi connectivity index (χ2n) is 15.2. The van der Waals surface area contributed by atoms with E-state index in [4.69, 9.17) is 32.7 Å². The van der Waals surface area contributed by atoms with E-state index in [1.807, 2.05) is 72.8 Å². The highest BCUT2D eigenvalue weighted by Gasteiger charge is 2.44. The van der Waals surface area contributed by atoms with Crippen LogP contribution in [0.3, 0.4) is 0 Å². The average molecular weight is 897 g/mol. The second-order valence-corrected chi connectivity index (χ2v) is 16.0. The first-order chi connectivity index (χ1) is 31.0. The number of nitrogens with zero attached hydrogens (tertiary/aromatic N) is 3. The molecule has 324 valence electrons. The maximum atomic E-state index is 13.5. The third kappa shape index (κ3) is 9.16. The van der Waals surface area contributed by atoms with E-state index in [9.17, 15) is 34.7 Å². The van der Waals surface area contributed by atoms with E-state index in [0.29, 0.717) is 63.9 Å². The molecule has 2 aliphatic heterocycles. The molecule has 2 aliphatic rings. The Hall–Kier alpha value is -7.13. The Morgan fingerprint density at radius 1 is 0.562 bits per heavy atom. The second kappa shape index (κ2) is 19.9. The van der Waals surface area contributed by atoms with E-state index in [-0.39, 0.29) is 11.8 Å². The van der Waals surface area contributed by atoms with Gasteiger partial charge in [-0.25, -0.2) is 9.59 Å². The van der Waals surface area contributed by atoms with Crippen molar-refractivity contribution in [1.82, 2.24) is 9.80 Å². The molecule has 6 aromatic rings. The SMILES string of the molecule is COc1cccc(OC)c1-c1ccc(C(=O)N2[C@@H](c3ccccc3Cl)CC[C@H]2C(=O)O)cc1.N#Cc1ccccc1-c1ccc(C(=O)N2[C@@H](c3ccccc3Cl)CC[C@H]2C(=O)O)cc1. The lowest BCUT2D eigenvalue weighted by Gasteiger charge is -2.29. The molecule has 0 spiro atoms. The van der Waals surface area contributed by atoms with Crippen molar-refractivity contribution in [2.24, 2.45) is 0 Å². The fourth-order valence-electron chi connectivity index (χ4n) is 8.61. The lowest BCUT2D eigenvalue weighted by molar-refractivity contribution is -0.142. The summed E-state index contributed by atoms with van der Waals surface area (Å²) in [5.41, 5.74) is 6.04. The van der Waals surface area contributed by atoms with Gasteiger partial charge in [-0.3, -0.25) is 9.59 Å². The van der Waals surface area contributed by atoms with Gasteiger partial charge in [0.1, 0.15) is 23.6 Å². The average Bonchev–Trinajstić information content (AvgIpc) is 3.98. The van der Waals surface area contributed by atoms with Crippen molar-refractivity contribution in [2.75, 3.05) is 14.2 Å². The minimum absolute atomic E-state index is 0.344. The van der Waals surface area contributed by atoms with E-state index in [1.54, 1.807) is 80.9 Å². The molecule has 11 nitrogen and oxygen atoms in total. The number of aliphatic carboxylic acids is 2. The van der Waals surface area contributed by atoms with Crippen LogP contribution < -0.4 is 9.47 Å². The molecule has 2 amide bonds. The number of likely N-dealkylation sites (tertiary alicyclic amines) is 2. The maximum Gasteiger partial charge on any atom is 0.326 e. The van der Waals surface area contributed by atoms with Gasteiger partial charge in [0.25, 0.3) is 11.8 Å². The number of rotatable bonds is 10. The van der Waals surface area contributed by atoms with Crippen molar-refractivity contribution in [1.29, 1.82) is 5.26 Å². The summed E-state index contributed by atoms with van der Waals surface area (Å²) < 4.78 is 11.0. The molecule has 2 N–H and O–H groups in total. The van der Waals surface area contributed by atoms with Gasteiger partial charge >= 0.3 is 11.9 Å². The van der Waals surface area contributed by atoms with Crippen LogP contribution in [-0.2, 0) is 9.59 Å². The van der Waals surface area contributed by atoms with E-state index < -0.39 is 36.1 Å². The molecular weight excluding hydrogens is 853 g/mol. The van der Waals surface area contributed by atoms with Crippen LogP contribution in [-0.4, -0.2) is 70.1 Å². The van der Waals surface area contributed by atoms with E-state index in [0.717, 1.165) is 33.4 Å². The number of benzene rings is 6. The van der Waals surface area contributed by atoms with Crippen LogP contribution in [0.5, 0.6) is 11.5 Å². The lowest BCUT2D eigenvalue weighted by atomic mass is 9.99. The zero-order valence-electron chi connectivity index (χ0n) is 34.9. The number of carboxylic acid groups (broad SMARTS) is 2. The molecule has 0 radical (unpaired) electrons. The van der Waals surface area contributed by atoms with Crippen LogP contribution in [0.1, 0.15) is 75.2 Å². The minimum atomic E-state index is -1.03. The standard InChI is InChI=1S/C26H24ClNO5.C25H19ClN2O3/c1-32-22-8-5-9-23(33-2)24(22)16-10-12-17(13-11-16)25(29)28-20(14-15-21(28)26(30)31)18-6-3-4-7-19(18)27;26-21-8-4-3-7-20(21)22-13-14-23(25(30)31)28(22)24(29)17-11-9-16(10-12-17)19-6-2-1-5-18(19)15-27/h3-13,20-21H,14-15H2,1-2H3,(H,30,31);1-12,22-23H,13-14H2,(H,30,31)/t20-,21+;22-,23+/m11/s1. The number of carbonyl (C=O) groups is 4. The van der Waals surface area contributed by atoms with Crippen molar-refractivity contribution < 1.29 is 38.9 Å². The van der Waals surface area contributed by atoms with Gasteiger partial charge in [-0.05, 0) is 108 Å². The highest BCUT2D eigenvalue weighted by atomic mass is 35.5. The molecule has 6 aromatic carbocycles. The third-order valence-corrected chi connectivity index (χ3v) is 12.4. The Morgan fingerprint density at radius 3 is 1.41 bits per heavy atom. The van der Waals surface area contributed by atoms with Crippen molar-refractivity contribution in [3.63, 3.8) is 0 Å². The molecule has 2 saturated heterocycles. The van der Waals surface area contributed by atoms with E-state index in [2.05, 4.69) is 6.07 Å².